The zero-order chi connectivity index (χ0) is 73.4. The van der Waals surface area contributed by atoms with Crippen molar-refractivity contribution in [2.75, 3.05) is 52.9 Å². The van der Waals surface area contributed by atoms with Crippen LogP contribution in [-0.4, -0.2) is 201 Å². The highest BCUT2D eigenvalue weighted by Gasteiger charge is 2.40. The predicted molar refractivity (Wildman–Crippen MR) is 381 cm³/mol. The third kappa shape index (κ3) is 32.8. The van der Waals surface area contributed by atoms with Gasteiger partial charge in [0.25, 0.3) is 0 Å². The molecule has 1 aliphatic rings. The van der Waals surface area contributed by atoms with Gasteiger partial charge < -0.3 is 116 Å². The van der Waals surface area contributed by atoms with Crippen LogP contribution in [0.3, 0.4) is 0 Å². The molecule has 99 heavy (non-hydrogen) atoms. The second kappa shape index (κ2) is 45.0. The first-order chi connectivity index (χ1) is 47.1. The number of aliphatic imine (C=N–C) groups is 6. The van der Waals surface area contributed by atoms with Crippen LogP contribution < -0.4 is 111 Å². The standard InChI is InChI=1S/C63H107N27O9/c1-37(2)49(91)48-27-16-34-90(48)57(99)47(36-39-19-8-5-9-20-39)89-56(98)46(35-38-17-6-4-7-18-38)88-55(97)45(26-15-33-82-63(74)75)87-54(96)44(25-14-32-81-62(72)73)86-53(95)43(24-13-31-80-61(70)71)85-52(94)42(23-12-30-79-60(68)69)84-51(93)41(22-11-29-78-59(66)67)83-50(92)40(76-3)21-10-28-77-58(64)65/h4-9,17-20,37,40-48,76H,10-16,21-36H2,1-3H3,(H,83,92)(H,84,93)(H,85,94)(H,86,95)(H,87,96)(H,88,97)(H,89,98)(H4,64,65,77)(H4,66,67,78)(H4,68,69,79)(H4,70,71,80)(H4,72,73,81)(H4,74,75,82). The van der Waals surface area contributed by atoms with Crippen molar-refractivity contribution in [2.24, 2.45) is 105 Å². The van der Waals surface area contributed by atoms with Gasteiger partial charge in [-0.2, -0.15) is 0 Å². The first kappa shape index (κ1) is 82.7. The number of ketones is 1. The van der Waals surface area contributed by atoms with E-state index in [1.165, 1.54) is 4.90 Å². The highest BCUT2D eigenvalue weighted by molar-refractivity contribution is 5.99. The topological polar surface area (TPSA) is 640 Å². The molecule has 0 saturated carbocycles. The maximum absolute atomic E-state index is 15.0. The molecule has 2 aromatic carbocycles. The fraction of sp³-hybridized carbons (Fsp3) is 0.571. The molecule has 2 aromatic rings. The molecule has 36 heteroatoms. The third-order valence-electron chi connectivity index (χ3n) is 15.7. The molecule has 36 nitrogen and oxygen atoms in total. The molecular formula is C63H107N27O9. The van der Waals surface area contributed by atoms with Gasteiger partial charge in [0, 0.05) is 64.6 Å². The van der Waals surface area contributed by atoms with Crippen molar-refractivity contribution in [1.82, 2.24) is 47.4 Å². The number of carbonyl (C=O) groups is 9. The maximum atomic E-state index is 15.0. The molecule has 1 saturated heterocycles. The van der Waals surface area contributed by atoms with Gasteiger partial charge in [-0.25, -0.2) is 0 Å². The lowest BCUT2D eigenvalue weighted by molar-refractivity contribution is -0.142. The quantitative estimate of drug-likeness (QED) is 0.0167. The Bertz CT molecular complexity index is 3090. The van der Waals surface area contributed by atoms with Crippen LogP contribution in [-0.2, 0) is 56.0 Å². The van der Waals surface area contributed by atoms with E-state index < -0.39 is 102 Å². The fourth-order valence-corrected chi connectivity index (χ4v) is 10.7. The van der Waals surface area contributed by atoms with Crippen molar-refractivity contribution in [3.63, 3.8) is 0 Å². The Morgan fingerprint density at radius 3 is 0.919 bits per heavy atom. The lowest BCUT2D eigenvalue weighted by Gasteiger charge is -2.31. The van der Waals surface area contributed by atoms with Gasteiger partial charge in [-0.3, -0.25) is 73.1 Å². The summed E-state index contributed by atoms with van der Waals surface area (Å²) in [5.41, 5.74) is 68.5. The van der Waals surface area contributed by atoms with E-state index in [4.69, 9.17) is 68.8 Å². The van der Waals surface area contributed by atoms with E-state index in [2.05, 4.69) is 72.5 Å². The highest BCUT2D eigenvalue weighted by Crippen LogP contribution is 2.23. The van der Waals surface area contributed by atoms with Crippen LogP contribution in [0, 0.1) is 5.92 Å². The molecule has 0 aliphatic carbocycles. The van der Waals surface area contributed by atoms with E-state index in [-0.39, 0.29) is 170 Å². The largest absolute Gasteiger partial charge is 0.370 e. The Hall–Kier alpha value is -10.6. The van der Waals surface area contributed by atoms with E-state index in [9.17, 15) is 43.2 Å². The summed E-state index contributed by atoms with van der Waals surface area (Å²) in [7, 11) is 1.56. The number of nitrogens with one attached hydrogen (secondary N) is 8. The van der Waals surface area contributed by atoms with Crippen LogP contribution in [0.4, 0.5) is 0 Å². The van der Waals surface area contributed by atoms with Crippen molar-refractivity contribution in [3.8, 4) is 0 Å². The zero-order valence-electron chi connectivity index (χ0n) is 57.0. The molecule has 0 spiro atoms. The predicted octanol–water partition coefficient (Wildman–Crippen LogP) is -6.01. The molecular weight excluding hydrogens is 1280 g/mol. The van der Waals surface area contributed by atoms with Crippen LogP contribution in [0.2, 0.25) is 0 Å². The SMILES string of the molecule is CNC(CCCN=C(N)N)C(=O)NC(CCCN=C(N)N)C(=O)NC(CCCN=C(N)N)C(=O)NC(CCCN=C(N)N)C(=O)NC(CCCN=C(N)N)C(=O)NC(CCCN=C(N)N)C(=O)NC(Cc1ccccc1)C(=O)NC(Cc1ccccc1)C(=O)N1CCCC1C(=O)C(C)C. The molecule has 9 atom stereocenters. The Morgan fingerprint density at radius 2 is 0.636 bits per heavy atom. The molecule has 1 aliphatic heterocycles. The van der Waals surface area contributed by atoms with Crippen molar-refractivity contribution >= 4 is 88.8 Å². The second-order valence-corrected chi connectivity index (χ2v) is 24.1. The Labute approximate surface area is 577 Å². The number of Topliss-reactive ketones (excluding diaryl/α,β-unsaturated/α-hetero) is 1. The van der Waals surface area contributed by atoms with Crippen molar-refractivity contribution in [3.05, 3.63) is 71.8 Å². The normalized spacial score (nSPS) is 14.8. The lowest BCUT2D eigenvalue weighted by Crippen LogP contribution is -2.60. The minimum atomic E-state index is -1.49. The van der Waals surface area contributed by atoms with E-state index in [0.717, 1.165) is 0 Å². The highest BCUT2D eigenvalue weighted by atomic mass is 16.2. The summed E-state index contributed by atoms with van der Waals surface area (Å²) in [4.78, 5) is 156. The molecule has 32 N–H and O–H groups in total. The summed E-state index contributed by atoms with van der Waals surface area (Å²) < 4.78 is 0. The first-order valence-corrected chi connectivity index (χ1v) is 33.1. The maximum Gasteiger partial charge on any atom is 0.246 e. The average molecular weight is 1390 g/mol. The van der Waals surface area contributed by atoms with Gasteiger partial charge in [0.15, 0.2) is 41.5 Å². The summed E-state index contributed by atoms with van der Waals surface area (Å²) in [6, 6.07) is 6.60. The van der Waals surface area contributed by atoms with Crippen LogP contribution in [0.1, 0.15) is 115 Å². The molecule has 0 radical (unpaired) electrons. The Kier molecular flexibility index (Phi) is 37.6. The summed E-state index contributed by atoms with van der Waals surface area (Å²) in [6.07, 6.45) is 1.66. The van der Waals surface area contributed by atoms with Gasteiger partial charge >= 0.3 is 0 Å². The van der Waals surface area contributed by atoms with Crippen molar-refractivity contribution < 1.29 is 43.2 Å². The summed E-state index contributed by atoms with van der Waals surface area (Å²) in [6.45, 7) is 4.10. The minimum Gasteiger partial charge on any atom is -0.370 e. The van der Waals surface area contributed by atoms with E-state index in [0.29, 0.717) is 36.9 Å². The summed E-state index contributed by atoms with van der Waals surface area (Å²) in [5.74, 6) is -7.91. The average Bonchev–Trinajstić information content (AvgIpc) is 1.76. The molecule has 1 heterocycles. The number of likely N-dealkylation sites (tertiary alicyclic amines) is 1. The lowest BCUT2D eigenvalue weighted by atomic mass is 9.98. The van der Waals surface area contributed by atoms with E-state index >= 15 is 0 Å². The van der Waals surface area contributed by atoms with Gasteiger partial charge in [-0.1, -0.05) is 74.5 Å². The van der Waals surface area contributed by atoms with Gasteiger partial charge in [-0.05, 0) is 108 Å². The molecule has 8 amide bonds. The van der Waals surface area contributed by atoms with Crippen LogP contribution in [0.25, 0.3) is 0 Å². The number of carbonyl (C=O) groups excluding carboxylic acids is 9. The fourth-order valence-electron chi connectivity index (χ4n) is 10.7. The number of benzene rings is 2. The van der Waals surface area contributed by atoms with Gasteiger partial charge in [-0.15, -0.1) is 0 Å². The monoisotopic (exact) mass is 1390 g/mol. The molecule has 0 aromatic heterocycles. The van der Waals surface area contributed by atoms with Gasteiger partial charge in [0.2, 0.25) is 47.3 Å². The Morgan fingerprint density at radius 1 is 0.384 bits per heavy atom. The molecule has 3 rings (SSSR count). The number of rotatable bonds is 46. The first-order valence-electron chi connectivity index (χ1n) is 33.1. The van der Waals surface area contributed by atoms with Crippen LogP contribution in [0.15, 0.2) is 90.6 Å². The number of nitrogens with zero attached hydrogens (tertiary/aromatic N) is 7. The number of likely N-dealkylation sites (N-methyl/N-ethyl adjacent to an activating group) is 1. The Balaban J connectivity index is 2.11. The number of hydrogen-bond donors (Lipinski definition) is 20. The number of nitrogens with two attached hydrogens (primary N) is 12. The molecule has 0 bridgehead atoms. The van der Waals surface area contributed by atoms with E-state index in [1.54, 1.807) is 75.5 Å². The smallest absolute Gasteiger partial charge is 0.246 e. The van der Waals surface area contributed by atoms with Gasteiger partial charge in [0.05, 0.1) is 12.1 Å². The van der Waals surface area contributed by atoms with Crippen molar-refractivity contribution in [1.29, 1.82) is 0 Å². The van der Waals surface area contributed by atoms with Crippen molar-refractivity contribution in [2.45, 2.75) is 171 Å². The zero-order valence-corrected chi connectivity index (χ0v) is 57.0. The summed E-state index contributed by atoms with van der Waals surface area (Å²) in [5, 5.41) is 22.3. The molecule has 1 fully saturated rings. The van der Waals surface area contributed by atoms with Crippen LogP contribution in [0.5, 0.6) is 0 Å². The van der Waals surface area contributed by atoms with Gasteiger partial charge in [0.1, 0.15) is 42.3 Å². The number of amides is 8. The van der Waals surface area contributed by atoms with Crippen LogP contribution >= 0.6 is 0 Å². The molecule has 548 valence electrons. The number of hydrogen-bond acceptors (Lipinski definition) is 16. The summed E-state index contributed by atoms with van der Waals surface area (Å²) >= 11 is 0. The number of guanidine groups is 6. The minimum absolute atomic E-state index is 0.0000494. The molecule has 9 unspecified atom stereocenters. The third-order valence-corrected chi connectivity index (χ3v) is 15.7. The van der Waals surface area contributed by atoms with E-state index in [1.807, 2.05) is 6.07 Å². The second-order valence-electron chi connectivity index (χ2n) is 24.1.